The van der Waals surface area contributed by atoms with Crippen LogP contribution in [0.3, 0.4) is 0 Å². The number of H-pyrrole nitrogens is 2. The van der Waals surface area contributed by atoms with Gasteiger partial charge in [0.05, 0.1) is 23.2 Å². The number of rotatable bonds is 4. The number of hydrogen-bond donors (Lipinski definition) is 3. The molecule has 0 aromatic carbocycles. The van der Waals surface area contributed by atoms with Gasteiger partial charge in [-0.05, 0) is 18.2 Å². The fourth-order valence-electron chi connectivity index (χ4n) is 2.68. The van der Waals surface area contributed by atoms with Crippen molar-refractivity contribution >= 4 is 38.6 Å². The molecule has 10 nitrogen and oxygen atoms in total. The summed E-state index contributed by atoms with van der Waals surface area (Å²) in [4.78, 5) is 27.6. The average molecular weight is 475 g/mol. The van der Waals surface area contributed by atoms with Crippen LogP contribution in [0.1, 0.15) is 11.1 Å². The van der Waals surface area contributed by atoms with Crippen LogP contribution in [0, 0.1) is 17.7 Å². The van der Waals surface area contributed by atoms with Crippen molar-refractivity contribution in [3.8, 4) is 17.7 Å². The average Bonchev–Trinajstić information content (AvgIpc) is 3.13. The van der Waals surface area contributed by atoms with E-state index in [0.29, 0.717) is 16.7 Å². The van der Waals surface area contributed by atoms with Crippen molar-refractivity contribution < 1.29 is 17.5 Å². The Morgan fingerprint density at radius 2 is 1.97 bits per heavy atom. The highest BCUT2D eigenvalue weighted by Crippen LogP contribution is 2.27. The molecule has 0 fully saturated rings. The quantitative estimate of drug-likeness (QED) is 0.384. The lowest BCUT2D eigenvalue weighted by molar-refractivity contribution is 0.385. The summed E-state index contributed by atoms with van der Waals surface area (Å²) >= 11 is 5.83. The van der Waals surface area contributed by atoms with Crippen LogP contribution in [0.4, 0.5) is 10.2 Å². The minimum Gasteiger partial charge on any atom is -0.480 e. The number of nitrogens with one attached hydrogen (secondary N) is 3. The Morgan fingerprint density at radius 1 is 1.16 bits per heavy atom. The molecule has 0 radical (unpaired) electrons. The number of anilines is 1. The van der Waals surface area contributed by atoms with E-state index < -0.39 is 27.3 Å². The van der Waals surface area contributed by atoms with Crippen LogP contribution in [0.2, 0.25) is 5.02 Å². The summed E-state index contributed by atoms with van der Waals surface area (Å²) < 4.78 is 47.4. The fraction of sp³-hybridized carbons (Fsp3) is 0.0526. The first-order chi connectivity index (χ1) is 15.3. The molecule has 3 N–H and O–H groups in total. The van der Waals surface area contributed by atoms with E-state index in [1.54, 1.807) is 6.07 Å². The third kappa shape index (κ3) is 4.25. The Morgan fingerprint density at radius 3 is 2.75 bits per heavy atom. The molecule has 0 spiro atoms. The number of aromatic amines is 2. The van der Waals surface area contributed by atoms with Crippen molar-refractivity contribution in [1.29, 1.82) is 0 Å². The molecule has 32 heavy (non-hydrogen) atoms. The second kappa shape index (κ2) is 8.29. The molecular weight excluding hydrogens is 463 g/mol. The molecule has 0 aliphatic rings. The van der Waals surface area contributed by atoms with Gasteiger partial charge in [0.1, 0.15) is 0 Å². The summed E-state index contributed by atoms with van der Waals surface area (Å²) in [6, 6.07) is 3.96. The molecule has 4 rings (SSSR count). The monoisotopic (exact) mass is 474 g/mol. The zero-order valence-corrected chi connectivity index (χ0v) is 17.7. The minimum absolute atomic E-state index is 0.0496. The molecule has 0 saturated carbocycles. The van der Waals surface area contributed by atoms with Crippen molar-refractivity contribution in [3.63, 3.8) is 0 Å². The van der Waals surface area contributed by atoms with Gasteiger partial charge >= 0.3 is 5.69 Å². The first-order valence-corrected chi connectivity index (χ1v) is 10.6. The van der Waals surface area contributed by atoms with Crippen molar-refractivity contribution in [2.24, 2.45) is 0 Å². The molecule has 0 aliphatic carbocycles. The van der Waals surface area contributed by atoms with Crippen molar-refractivity contribution in [1.82, 2.24) is 24.9 Å². The second-order valence-corrected chi connectivity index (χ2v) is 8.32. The van der Waals surface area contributed by atoms with E-state index in [2.05, 4.69) is 41.5 Å². The topological polar surface area (TPSA) is 143 Å². The van der Waals surface area contributed by atoms with Crippen LogP contribution >= 0.6 is 11.6 Å². The van der Waals surface area contributed by atoms with E-state index in [1.165, 1.54) is 31.8 Å². The fourth-order valence-corrected chi connectivity index (χ4v) is 4.05. The highest BCUT2D eigenvalue weighted by Gasteiger charge is 2.24. The van der Waals surface area contributed by atoms with Crippen molar-refractivity contribution in [2.75, 3.05) is 11.8 Å². The van der Waals surface area contributed by atoms with Gasteiger partial charge in [0, 0.05) is 24.2 Å². The van der Waals surface area contributed by atoms with Gasteiger partial charge in [-0.25, -0.2) is 32.6 Å². The zero-order chi connectivity index (χ0) is 22.9. The summed E-state index contributed by atoms with van der Waals surface area (Å²) in [5.41, 5.74) is 0.673. The maximum Gasteiger partial charge on any atom is 0.325 e. The second-order valence-electron chi connectivity index (χ2n) is 6.24. The Balaban J connectivity index is 1.67. The number of aromatic nitrogens is 5. The molecule has 0 saturated heterocycles. The number of imidazole rings is 1. The minimum atomic E-state index is -4.33. The third-order valence-electron chi connectivity index (χ3n) is 4.10. The van der Waals surface area contributed by atoms with Crippen LogP contribution in [-0.4, -0.2) is 40.4 Å². The van der Waals surface area contributed by atoms with Gasteiger partial charge in [0.2, 0.25) is 5.88 Å². The predicted octanol–water partition coefficient (Wildman–Crippen LogP) is 2.04. The van der Waals surface area contributed by atoms with Gasteiger partial charge in [-0.3, -0.25) is 9.71 Å². The van der Waals surface area contributed by atoms with E-state index in [4.69, 9.17) is 16.3 Å². The first kappa shape index (κ1) is 21.3. The number of ether oxygens (including phenoxy) is 1. The van der Waals surface area contributed by atoms with E-state index in [9.17, 15) is 17.6 Å². The lowest BCUT2D eigenvalue weighted by Gasteiger charge is -2.11. The summed E-state index contributed by atoms with van der Waals surface area (Å²) in [5.74, 6) is 3.54. The number of sulfonamides is 1. The Kier molecular flexibility index (Phi) is 5.52. The summed E-state index contributed by atoms with van der Waals surface area (Å²) in [7, 11) is -3.09. The predicted molar refractivity (Wildman–Crippen MR) is 113 cm³/mol. The van der Waals surface area contributed by atoms with E-state index >= 15 is 0 Å². The van der Waals surface area contributed by atoms with Crippen LogP contribution in [0.25, 0.3) is 11.2 Å². The number of pyridine rings is 3. The number of nitrogens with zero attached hydrogens (tertiary/aromatic N) is 3. The number of fused-ring (bicyclic) bond motifs is 1. The highest BCUT2D eigenvalue weighted by molar-refractivity contribution is 7.92. The van der Waals surface area contributed by atoms with E-state index in [-0.39, 0.29) is 21.4 Å². The number of halogens is 2. The van der Waals surface area contributed by atoms with Gasteiger partial charge < -0.3 is 9.72 Å². The molecular formula is C19H12ClFN6O4S. The molecule has 4 aromatic rings. The molecule has 0 amide bonds. The summed E-state index contributed by atoms with van der Waals surface area (Å²) in [6.45, 7) is 0. The Bertz CT molecular complexity index is 1570. The molecule has 162 valence electrons. The lowest BCUT2D eigenvalue weighted by atomic mass is 10.2. The van der Waals surface area contributed by atoms with Crippen LogP contribution < -0.4 is 15.1 Å². The molecule has 0 atom stereocenters. The van der Waals surface area contributed by atoms with Gasteiger partial charge in [-0.2, -0.15) is 0 Å². The van der Waals surface area contributed by atoms with Crippen molar-refractivity contribution in [3.05, 3.63) is 69.2 Å². The van der Waals surface area contributed by atoms with Crippen molar-refractivity contribution in [2.45, 2.75) is 4.90 Å². The normalized spacial score (nSPS) is 11.1. The SMILES string of the molecule is COc1ncc(Cl)cc1S(=O)(=O)Nc1nccc(C#Cc2cnc3[nH]c(=O)[nH]c3c2)c1F. The maximum atomic E-state index is 14.9. The standard InChI is InChI=1S/C19H12ClFN6O4S/c1-31-18-14(7-12(20)9-24-18)32(29,30)27-17-15(21)11(4-5-22-17)3-2-10-6-13-16(23-8-10)26-19(28)25-13/h4-9H,1H3,(H,22,27)(H2,23,25,26,28). The third-order valence-corrected chi connectivity index (χ3v) is 5.64. The van der Waals surface area contributed by atoms with E-state index in [0.717, 1.165) is 6.07 Å². The van der Waals surface area contributed by atoms with Gasteiger partial charge in [-0.1, -0.05) is 23.4 Å². The molecule has 13 heteroatoms. The maximum absolute atomic E-state index is 14.9. The smallest absolute Gasteiger partial charge is 0.325 e. The molecule has 4 aromatic heterocycles. The van der Waals surface area contributed by atoms with Crippen LogP contribution in [0.5, 0.6) is 5.88 Å². The first-order valence-electron chi connectivity index (χ1n) is 8.74. The van der Waals surface area contributed by atoms with Crippen LogP contribution in [0.15, 0.2) is 46.5 Å². The molecule has 4 heterocycles. The van der Waals surface area contributed by atoms with E-state index in [1.807, 2.05) is 0 Å². The lowest BCUT2D eigenvalue weighted by Crippen LogP contribution is -2.17. The number of hydrogen-bond acceptors (Lipinski definition) is 7. The van der Waals surface area contributed by atoms with Gasteiger partial charge in [0.25, 0.3) is 10.0 Å². The van der Waals surface area contributed by atoms with Gasteiger partial charge in [-0.15, -0.1) is 0 Å². The Hall–Kier alpha value is -3.95. The zero-order valence-electron chi connectivity index (χ0n) is 16.1. The molecule has 0 unspecified atom stereocenters. The molecule has 0 aliphatic heterocycles. The summed E-state index contributed by atoms with van der Waals surface area (Å²) in [6.07, 6.45) is 3.81. The highest BCUT2D eigenvalue weighted by atomic mass is 35.5. The summed E-state index contributed by atoms with van der Waals surface area (Å²) in [5, 5.41) is 0.0496. The van der Waals surface area contributed by atoms with Crippen LogP contribution in [-0.2, 0) is 10.0 Å². The Labute approximate surface area is 184 Å². The largest absolute Gasteiger partial charge is 0.480 e. The molecule has 0 bridgehead atoms. The number of methoxy groups -OCH3 is 1. The van der Waals surface area contributed by atoms with Gasteiger partial charge in [0.15, 0.2) is 22.2 Å².